The van der Waals surface area contributed by atoms with Crippen LogP contribution in [0.1, 0.15) is 48.9 Å². The summed E-state index contributed by atoms with van der Waals surface area (Å²) in [6, 6.07) is 19.7. The van der Waals surface area contributed by atoms with E-state index < -0.39 is 29.6 Å². The van der Waals surface area contributed by atoms with Crippen LogP contribution in [0.25, 0.3) is 10.9 Å². The van der Waals surface area contributed by atoms with Crippen molar-refractivity contribution in [3.8, 4) is 11.5 Å². The number of para-hydroxylation sites is 1. The number of fused-ring (bicyclic) bond motifs is 1. The fraction of sp³-hybridized carbons (Fsp3) is 0.290. The highest BCUT2D eigenvalue weighted by atomic mass is 127. The normalized spacial score (nSPS) is 16.0. The van der Waals surface area contributed by atoms with Crippen molar-refractivity contribution in [1.29, 1.82) is 0 Å². The summed E-state index contributed by atoms with van der Waals surface area (Å²) >= 11 is 2.21. The summed E-state index contributed by atoms with van der Waals surface area (Å²) in [5.41, 5.74) is 4.62. The minimum atomic E-state index is -1.33. The van der Waals surface area contributed by atoms with Gasteiger partial charge in [0.2, 0.25) is 0 Å². The third-order valence-corrected chi connectivity index (χ3v) is 7.49. The summed E-state index contributed by atoms with van der Waals surface area (Å²) in [5, 5.41) is 0.903. The van der Waals surface area contributed by atoms with Gasteiger partial charge in [-0.15, -0.1) is 0 Å². The number of esters is 2. The maximum atomic E-state index is 13.3. The molecule has 0 spiro atoms. The third kappa shape index (κ3) is 5.61. The van der Waals surface area contributed by atoms with Crippen LogP contribution in [0, 0.1) is 16.4 Å². The van der Waals surface area contributed by atoms with Crippen molar-refractivity contribution in [3.05, 3.63) is 92.7 Å². The zero-order chi connectivity index (χ0) is 27.7. The molecule has 1 aliphatic heterocycles. The first kappa shape index (κ1) is 27.1. The summed E-state index contributed by atoms with van der Waals surface area (Å²) in [6.45, 7) is 7.84. The summed E-state index contributed by atoms with van der Waals surface area (Å²) in [4.78, 5) is 29.9. The average Bonchev–Trinajstić information content (AvgIpc) is 3.30. The average molecular weight is 639 g/mol. The van der Waals surface area contributed by atoms with Crippen molar-refractivity contribution in [2.45, 2.75) is 46.0 Å². The first-order chi connectivity index (χ1) is 18.7. The van der Waals surface area contributed by atoms with Crippen LogP contribution in [-0.4, -0.2) is 29.3 Å². The fourth-order valence-corrected chi connectivity index (χ4v) is 5.69. The number of carbonyl (C=O) groups is 2. The highest BCUT2D eigenvalue weighted by Gasteiger charge is 2.49. The molecule has 5 rings (SSSR count). The smallest absolute Gasteiger partial charge is 0.324 e. The second-order valence-corrected chi connectivity index (χ2v) is 11.2. The van der Waals surface area contributed by atoms with Crippen LogP contribution in [0.15, 0.2) is 66.9 Å². The van der Waals surface area contributed by atoms with E-state index in [1.807, 2.05) is 80.7 Å². The standard InChI is InChI=1S/C31H30INO6/c1-5-36-25-15-20(14-23(32)28(25)37-17-19-12-10-18(2)11-13-19)26(22-16-33-24-9-7-6-8-21(22)24)27-29(34)38-31(3,4)39-30(27)35/h6-16,26-27,33H,5,17H2,1-4H3/t26-/m0/s1. The molecule has 1 atom stereocenters. The summed E-state index contributed by atoms with van der Waals surface area (Å²) in [7, 11) is 0. The van der Waals surface area contributed by atoms with Gasteiger partial charge in [0.05, 0.1) is 10.2 Å². The van der Waals surface area contributed by atoms with E-state index in [1.54, 1.807) is 13.8 Å². The minimum Gasteiger partial charge on any atom is -0.490 e. The van der Waals surface area contributed by atoms with Gasteiger partial charge in [0.15, 0.2) is 17.4 Å². The Hall–Kier alpha value is -3.53. The van der Waals surface area contributed by atoms with E-state index in [9.17, 15) is 9.59 Å². The molecule has 7 nitrogen and oxygen atoms in total. The van der Waals surface area contributed by atoms with Gasteiger partial charge >= 0.3 is 11.9 Å². The number of aromatic amines is 1. The van der Waals surface area contributed by atoms with Gasteiger partial charge in [0, 0.05) is 36.9 Å². The van der Waals surface area contributed by atoms with Crippen LogP contribution >= 0.6 is 22.6 Å². The molecule has 1 fully saturated rings. The minimum absolute atomic E-state index is 0.373. The zero-order valence-corrected chi connectivity index (χ0v) is 24.4. The molecule has 1 N–H and O–H groups in total. The lowest BCUT2D eigenvalue weighted by Crippen LogP contribution is -2.48. The number of aryl methyl sites for hydroxylation is 1. The van der Waals surface area contributed by atoms with Crippen molar-refractivity contribution in [2.75, 3.05) is 6.61 Å². The summed E-state index contributed by atoms with van der Waals surface area (Å²) < 4.78 is 24.1. The Labute approximate surface area is 240 Å². The van der Waals surface area contributed by atoms with E-state index in [-0.39, 0.29) is 0 Å². The van der Waals surface area contributed by atoms with Gasteiger partial charge in [0.1, 0.15) is 6.61 Å². The molecular formula is C31H30INO6. The first-order valence-corrected chi connectivity index (χ1v) is 13.9. The van der Waals surface area contributed by atoms with E-state index in [2.05, 4.69) is 27.6 Å². The molecule has 0 radical (unpaired) electrons. The number of hydrogen-bond donors (Lipinski definition) is 1. The van der Waals surface area contributed by atoms with Crippen LogP contribution < -0.4 is 9.47 Å². The van der Waals surface area contributed by atoms with Crippen molar-refractivity contribution in [2.24, 2.45) is 5.92 Å². The highest BCUT2D eigenvalue weighted by Crippen LogP contribution is 2.44. The molecule has 4 aromatic rings. The Bertz CT molecular complexity index is 1500. The van der Waals surface area contributed by atoms with E-state index in [0.29, 0.717) is 30.3 Å². The van der Waals surface area contributed by atoms with Gasteiger partial charge in [-0.05, 0) is 71.3 Å². The lowest BCUT2D eigenvalue weighted by molar-refractivity contribution is -0.240. The zero-order valence-electron chi connectivity index (χ0n) is 22.2. The number of carbonyl (C=O) groups excluding carboxylic acids is 2. The van der Waals surface area contributed by atoms with E-state index in [4.69, 9.17) is 18.9 Å². The number of aromatic nitrogens is 1. The molecule has 0 amide bonds. The number of benzene rings is 3. The molecule has 1 saturated heterocycles. The van der Waals surface area contributed by atoms with Crippen LogP contribution in [0.2, 0.25) is 0 Å². The quantitative estimate of drug-likeness (QED) is 0.132. The van der Waals surface area contributed by atoms with Gasteiger partial charge in [-0.3, -0.25) is 9.59 Å². The fourth-order valence-electron chi connectivity index (χ4n) is 4.91. The molecule has 1 aliphatic rings. The van der Waals surface area contributed by atoms with Crippen molar-refractivity contribution in [1.82, 2.24) is 4.98 Å². The molecule has 3 aromatic carbocycles. The summed E-state index contributed by atoms with van der Waals surface area (Å²) in [5.74, 6) is -3.31. The molecule has 39 heavy (non-hydrogen) atoms. The molecule has 0 aliphatic carbocycles. The predicted molar refractivity (Wildman–Crippen MR) is 156 cm³/mol. The maximum Gasteiger partial charge on any atom is 0.324 e. The number of hydrogen-bond acceptors (Lipinski definition) is 6. The second kappa shape index (κ2) is 10.9. The SMILES string of the molecule is CCOc1cc([C@@H](c2c[nH]c3ccccc23)C2C(=O)OC(C)(C)OC2=O)cc(I)c1OCc1ccc(C)cc1. The molecule has 0 saturated carbocycles. The monoisotopic (exact) mass is 639 g/mol. The predicted octanol–water partition coefficient (Wildman–Crippen LogP) is 6.64. The van der Waals surface area contributed by atoms with Crippen LogP contribution in [0.5, 0.6) is 11.5 Å². The second-order valence-electron chi connectivity index (χ2n) is 10.0. The van der Waals surface area contributed by atoms with Crippen LogP contribution in [0.3, 0.4) is 0 Å². The molecular weight excluding hydrogens is 609 g/mol. The molecule has 8 heteroatoms. The number of nitrogens with one attached hydrogen (secondary N) is 1. The number of H-pyrrole nitrogens is 1. The summed E-state index contributed by atoms with van der Waals surface area (Å²) in [6.07, 6.45) is 1.84. The van der Waals surface area contributed by atoms with E-state index >= 15 is 0 Å². The van der Waals surface area contributed by atoms with Crippen molar-refractivity contribution < 1.29 is 28.5 Å². The lowest BCUT2D eigenvalue weighted by atomic mass is 9.80. The van der Waals surface area contributed by atoms with Gasteiger partial charge in [-0.2, -0.15) is 0 Å². The first-order valence-electron chi connectivity index (χ1n) is 12.8. The Kier molecular flexibility index (Phi) is 7.57. The lowest BCUT2D eigenvalue weighted by Gasteiger charge is -2.36. The van der Waals surface area contributed by atoms with Crippen molar-refractivity contribution in [3.63, 3.8) is 0 Å². The third-order valence-electron chi connectivity index (χ3n) is 6.68. The Balaban J connectivity index is 1.60. The molecule has 202 valence electrons. The van der Waals surface area contributed by atoms with Crippen molar-refractivity contribution >= 4 is 45.4 Å². The number of halogens is 1. The van der Waals surface area contributed by atoms with Gasteiger partial charge in [-0.25, -0.2) is 0 Å². The van der Waals surface area contributed by atoms with Gasteiger partial charge in [0.25, 0.3) is 5.79 Å². The van der Waals surface area contributed by atoms with Gasteiger partial charge < -0.3 is 23.9 Å². The Morgan fingerprint density at radius 1 is 1.00 bits per heavy atom. The Morgan fingerprint density at radius 2 is 1.69 bits per heavy atom. The molecule has 0 unspecified atom stereocenters. The highest BCUT2D eigenvalue weighted by molar-refractivity contribution is 14.1. The molecule has 2 heterocycles. The van der Waals surface area contributed by atoms with E-state index in [0.717, 1.165) is 25.6 Å². The van der Waals surface area contributed by atoms with E-state index in [1.165, 1.54) is 5.56 Å². The van der Waals surface area contributed by atoms with Crippen LogP contribution in [0.4, 0.5) is 0 Å². The number of rotatable bonds is 8. The maximum absolute atomic E-state index is 13.3. The number of ether oxygens (including phenoxy) is 4. The molecule has 0 bridgehead atoms. The Morgan fingerprint density at radius 3 is 2.38 bits per heavy atom. The van der Waals surface area contributed by atoms with Crippen LogP contribution in [-0.2, 0) is 25.7 Å². The topological polar surface area (TPSA) is 86.9 Å². The van der Waals surface area contributed by atoms with Gasteiger partial charge in [-0.1, -0.05) is 48.0 Å². The molecule has 1 aromatic heterocycles. The largest absolute Gasteiger partial charge is 0.490 e. The number of cyclic esters (lactones) is 2.